The number of carbonyl (C=O) groups excluding carboxylic acids is 2. The molecule has 26 heavy (non-hydrogen) atoms. The second-order valence-electron chi connectivity index (χ2n) is 7.30. The molecule has 2 aliphatic heterocycles. The summed E-state index contributed by atoms with van der Waals surface area (Å²) in [5.41, 5.74) is 0.269. The number of morpholine rings is 1. The van der Waals surface area contributed by atoms with Crippen LogP contribution < -0.4 is 5.32 Å². The number of carbonyl (C=O) groups is 2. The molecule has 6 heteroatoms. The fraction of sp³-hybridized carbons (Fsp3) is 0.600. The smallest absolute Gasteiger partial charge is 0.245 e. The maximum absolute atomic E-state index is 13.0. The van der Waals surface area contributed by atoms with Gasteiger partial charge in [0, 0.05) is 39.1 Å². The lowest BCUT2D eigenvalue weighted by atomic mass is 9.86. The monoisotopic (exact) mass is 359 g/mol. The molecule has 0 saturated carbocycles. The van der Waals surface area contributed by atoms with Crippen molar-refractivity contribution in [3.63, 3.8) is 0 Å². The number of piperidine rings is 1. The number of likely N-dealkylation sites (tertiary alicyclic amines) is 1. The van der Waals surface area contributed by atoms with Gasteiger partial charge < -0.3 is 15.0 Å². The SMILES string of the molecule is CC1(C(=O)NCCN2CCOCC2)CCCC(=O)N1Cc1ccccc1. The van der Waals surface area contributed by atoms with Crippen LogP contribution in [0.2, 0.25) is 0 Å². The highest BCUT2D eigenvalue weighted by Gasteiger charge is 2.44. The van der Waals surface area contributed by atoms with E-state index in [4.69, 9.17) is 4.74 Å². The zero-order valence-electron chi connectivity index (χ0n) is 15.6. The number of hydrogen-bond acceptors (Lipinski definition) is 4. The van der Waals surface area contributed by atoms with Crippen molar-refractivity contribution in [2.75, 3.05) is 39.4 Å². The third-order valence-corrected chi connectivity index (χ3v) is 5.44. The Morgan fingerprint density at radius 1 is 1.23 bits per heavy atom. The normalized spacial score (nSPS) is 24.5. The van der Waals surface area contributed by atoms with Gasteiger partial charge in [-0.3, -0.25) is 14.5 Å². The van der Waals surface area contributed by atoms with Gasteiger partial charge in [0.05, 0.1) is 13.2 Å². The number of benzene rings is 1. The molecule has 0 aromatic heterocycles. The fourth-order valence-electron chi connectivity index (χ4n) is 3.74. The van der Waals surface area contributed by atoms with Gasteiger partial charge in [-0.2, -0.15) is 0 Å². The van der Waals surface area contributed by atoms with E-state index in [0.29, 0.717) is 25.9 Å². The van der Waals surface area contributed by atoms with Gasteiger partial charge >= 0.3 is 0 Å². The summed E-state index contributed by atoms with van der Waals surface area (Å²) in [5, 5.41) is 3.06. The minimum absolute atomic E-state index is 0.0465. The van der Waals surface area contributed by atoms with Gasteiger partial charge in [-0.05, 0) is 25.3 Å². The summed E-state index contributed by atoms with van der Waals surface area (Å²) in [6.45, 7) is 7.12. The highest BCUT2D eigenvalue weighted by molar-refractivity contribution is 5.92. The van der Waals surface area contributed by atoms with Gasteiger partial charge in [-0.25, -0.2) is 0 Å². The zero-order chi connectivity index (χ0) is 18.4. The van der Waals surface area contributed by atoms with Crippen molar-refractivity contribution in [3.8, 4) is 0 Å². The van der Waals surface area contributed by atoms with E-state index in [1.54, 1.807) is 4.90 Å². The maximum atomic E-state index is 13.0. The van der Waals surface area contributed by atoms with Crippen LogP contribution in [0.5, 0.6) is 0 Å². The lowest BCUT2D eigenvalue weighted by Gasteiger charge is -2.43. The fourth-order valence-corrected chi connectivity index (χ4v) is 3.74. The predicted octanol–water partition coefficient (Wildman–Crippen LogP) is 1.41. The molecule has 2 aliphatic rings. The lowest BCUT2D eigenvalue weighted by molar-refractivity contribution is -0.152. The first kappa shape index (κ1) is 18.9. The van der Waals surface area contributed by atoms with Gasteiger partial charge in [0.1, 0.15) is 5.54 Å². The van der Waals surface area contributed by atoms with Gasteiger partial charge in [-0.15, -0.1) is 0 Å². The molecule has 0 bridgehead atoms. The summed E-state index contributed by atoms with van der Waals surface area (Å²) in [6, 6.07) is 9.88. The van der Waals surface area contributed by atoms with Crippen LogP contribution >= 0.6 is 0 Å². The Bertz CT molecular complexity index is 616. The Balaban J connectivity index is 1.61. The third kappa shape index (κ3) is 4.43. The lowest BCUT2D eigenvalue weighted by Crippen LogP contribution is -2.61. The first-order valence-corrected chi connectivity index (χ1v) is 9.52. The third-order valence-electron chi connectivity index (χ3n) is 5.44. The van der Waals surface area contributed by atoms with E-state index in [1.165, 1.54) is 0 Å². The molecule has 1 unspecified atom stereocenters. The summed E-state index contributed by atoms with van der Waals surface area (Å²) < 4.78 is 5.35. The molecule has 2 heterocycles. The minimum Gasteiger partial charge on any atom is -0.379 e. The summed E-state index contributed by atoms with van der Waals surface area (Å²) in [6.07, 6.45) is 1.98. The molecule has 2 saturated heterocycles. The first-order valence-electron chi connectivity index (χ1n) is 9.52. The summed E-state index contributed by atoms with van der Waals surface area (Å²) in [5.74, 6) is 0.0145. The zero-order valence-corrected chi connectivity index (χ0v) is 15.6. The average molecular weight is 359 g/mol. The number of hydrogen-bond donors (Lipinski definition) is 1. The molecule has 2 amide bonds. The van der Waals surface area contributed by atoms with E-state index in [-0.39, 0.29) is 11.8 Å². The highest BCUT2D eigenvalue weighted by Crippen LogP contribution is 2.30. The molecule has 0 radical (unpaired) electrons. The van der Waals surface area contributed by atoms with Crippen LogP contribution in [-0.2, 0) is 20.9 Å². The van der Waals surface area contributed by atoms with Gasteiger partial charge in [0.2, 0.25) is 11.8 Å². The van der Waals surface area contributed by atoms with E-state index < -0.39 is 5.54 Å². The van der Waals surface area contributed by atoms with Crippen LogP contribution in [0, 0.1) is 0 Å². The van der Waals surface area contributed by atoms with Gasteiger partial charge in [-0.1, -0.05) is 30.3 Å². The molecule has 0 aliphatic carbocycles. The molecule has 1 aromatic carbocycles. The summed E-state index contributed by atoms with van der Waals surface area (Å²) in [4.78, 5) is 29.6. The Hall–Kier alpha value is -1.92. The van der Waals surface area contributed by atoms with Crippen LogP contribution in [0.25, 0.3) is 0 Å². The summed E-state index contributed by atoms with van der Waals surface area (Å²) >= 11 is 0. The van der Waals surface area contributed by atoms with Crippen LogP contribution in [0.4, 0.5) is 0 Å². The van der Waals surface area contributed by atoms with Crippen LogP contribution in [0.3, 0.4) is 0 Å². The molecule has 2 fully saturated rings. The molecular formula is C20H29N3O3. The van der Waals surface area contributed by atoms with Gasteiger partial charge in [0.15, 0.2) is 0 Å². The largest absolute Gasteiger partial charge is 0.379 e. The number of rotatable bonds is 6. The van der Waals surface area contributed by atoms with Crippen molar-refractivity contribution < 1.29 is 14.3 Å². The van der Waals surface area contributed by atoms with Crippen molar-refractivity contribution in [1.82, 2.24) is 15.1 Å². The maximum Gasteiger partial charge on any atom is 0.245 e. The Morgan fingerprint density at radius 3 is 2.69 bits per heavy atom. The molecular weight excluding hydrogens is 330 g/mol. The topological polar surface area (TPSA) is 61.9 Å². The average Bonchev–Trinajstić information content (AvgIpc) is 2.66. The Morgan fingerprint density at radius 2 is 1.96 bits per heavy atom. The molecule has 142 valence electrons. The van der Waals surface area contributed by atoms with E-state index in [1.807, 2.05) is 37.3 Å². The standard InChI is InChI=1S/C20H29N3O3/c1-20(19(25)21-10-11-22-12-14-26-15-13-22)9-5-8-18(24)23(20)16-17-6-3-2-4-7-17/h2-4,6-7H,5,8-16H2,1H3,(H,21,25). The summed E-state index contributed by atoms with van der Waals surface area (Å²) in [7, 11) is 0. The molecule has 6 nitrogen and oxygen atoms in total. The highest BCUT2D eigenvalue weighted by atomic mass is 16.5. The second-order valence-corrected chi connectivity index (χ2v) is 7.30. The number of nitrogens with zero attached hydrogens (tertiary/aromatic N) is 2. The predicted molar refractivity (Wildman–Crippen MR) is 99.5 cm³/mol. The van der Waals surface area contributed by atoms with Crippen LogP contribution in [0.1, 0.15) is 31.7 Å². The first-order chi connectivity index (χ1) is 12.6. The van der Waals surface area contributed by atoms with Crippen LogP contribution in [-0.4, -0.2) is 66.5 Å². The molecule has 1 atom stereocenters. The van der Waals surface area contributed by atoms with Crippen molar-refractivity contribution in [1.29, 1.82) is 0 Å². The number of ether oxygens (including phenoxy) is 1. The number of nitrogens with one attached hydrogen (secondary N) is 1. The second kappa shape index (κ2) is 8.64. The van der Waals surface area contributed by atoms with Crippen molar-refractivity contribution in [3.05, 3.63) is 35.9 Å². The molecule has 0 spiro atoms. The molecule has 1 N–H and O–H groups in total. The number of amides is 2. The molecule has 3 rings (SSSR count). The van der Waals surface area contributed by atoms with E-state index >= 15 is 0 Å². The van der Waals surface area contributed by atoms with Crippen molar-refractivity contribution in [2.45, 2.75) is 38.3 Å². The Kier molecular flexibility index (Phi) is 6.27. The van der Waals surface area contributed by atoms with Crippen molar-refractivity contribution >= 4 is 11.8 Å². The van der Waals surface area contributed by atoms with E-state index in [0.717, 1.165) is 44.8 Å². The Labute approximate surface area is 155 Å². The van der Waals surface area contributed by atoms with Crippen molar-refractivity contribution in [2.24, 2.45) is 0 Å². The van der Waals surface area contributed by atoms with Crippen LogP contribution in [0.15, 0.2) is 30.3 Å². The van der Waals surface area contributed by atoms with E-state index in [9.17, 15) is 9.59 Å². The quantitative estimate of drug-likeness (QED) is 0.834. The van der Waals surface area contributed by atoms with Gasteiger partial charge in [0.25, 0.3) is 0 Å². The molecule has 1 aromatic rings. The minimum atomic E-state index is -0.782. The van der Waals surface area contributed by atoms with E-state index in [2.05, 4.69) is 10.2 Å².